The van der Waals surface area contributed by atoms with Crippen molar-refractivity contribution >= 4 is 44.2 Å². The van der Waals surface area contributed by atoms with E-state index in [2.05, 4.69) is 27.9 Å². The molecule has 1 N–H and O–H groups in total. The Bertz CT molecular complexity index is 1070. The predicted molar refractivity (Wildman–Crippen MR) is 118 cm³/mol. The van der Waals surface area contributed by atoms with E-state index in [0.717, 1.165) is 7.88 Å². The SMILES string of the molecule is O=C(CN(c1ccc(I)cc1)S(=O)(=O)c1ccccc1)NCc1ccc(F)cc1. The zero-order chi connectivity index (χ0) is 20.9. The highest BCUT2D eigenvalue weighted by Gasteiger charge is 2.27. The molecule has 150 valence electrons. The van der Waals surface area contributed by atoms with Gasteiger partial charge in [-0.3, -0.25) is 9.10 Å². The van der Waals surface area contributed by atoms with Crippen molar-refractivity contribution in [1.29, 1.82) is 0 Å². The fraction of sp³-hybridized carbons (Fsp3) is 0.0952. The first kappa shape index (κ1) is 21.3. The Labute approximate surface area is 182 Å². The summed E-state index contributed by atoms with van der Waals surface area (Å²) < 4.78 is 41.4. The molecule has 0 aliphatic carbocycles. The molecule has 0 saturated heterocycles. The second-order valence-corrected chi connectivity index (χ2v) is 9.31. The summed E-state index contributed by atoms with van der Waals surface area (Å²) in [6.07, 6.45) is 0. The first-order valence-corrected chi connectivity index (χ1v) is 11.2. The normalized spacial score (nSPS) is 11.1. The minimum atomic E-state index is -3.93. The molecule has 8 heteroatoms. The van der Waals surface area contributed by atoms with Crippen LogP contribution in [0.5, 0.6) is 0 Å². The van der Waals surface area contributed by atoms with Crippen LogP contribution in [-0.2, 0) is 21.4 Å². The molecule has 0 radical (unpaired) electrons. The molecule has 0 spiro atoms. The number of carbonyl (C=O) groups excluding carboxylic acids is 1. The van der Waals surface area contributed by atoms with E-state index in [-0.39, 0.29) is 23.8 Å². The maximum atomic E-state index is 13.2. The zero-order valence-corrected chi connectivity index (χ0v) is 18.2. The number of rotatable bonds is 7. The zero-order valence-electron chi connectivity index (χ0n) is 15.3. The molecule has 0 heterocycles. The minimum absolute atomic E-state index is 0.102. The van der Waals surface area contributed by atoms with Crippen LogP contribution in [0.1, 0.15) is 5.56 Å². The van der Waals surface area contributed by atoms with Gasteiger partial charge in [0.1, 0.15) is 12.4 Å². The summed E-state index contributed by atoms with van der Waals surface area (Å²) in [7, 11) is -3.93. The molecule has 0 atom stereocenters. The third-order valence-corrected chi connectivity index (χ3v) is 6.64. The summed E-state index contributed by atoms with van der Waals surface area (Å²) in [6.45, 7) is -0.204. The van der Waals surface area contributed by atoms with Crippen molar-refractivity contribution < 1.29 is 17.6 Å². The third-order valence-electron chi connectivity index (χ3n) is 4.14. The van der Waals surface area contributed by atoms with Crippen LogP contribution in [0.3, 0.4) is 0 Å². The molecule has 5 nitrogen and oxygen atoms in total. The molecule has 0 aromatic heterocycles. The summed E-state index contributed by atoms with van der Waals surface area (Å²) in [5.41, 5.74) is 1.11. The maximum Gasteiger partial charge on any atom is 0.264 e. The predicted octanol–water partition coefficient (Wildman–Crippen LogP) is 3.94. The molecule has 3 aromatic rings. The van der Waals surface area contributed by atoms with Gasteiger partial charge in [-0.05, 0) is 76.7 Å². The number of carbonyl (C=O) groups is 1. The van der Waals surface area contributed by atoms with Crippen LogP contribution >= 0.6 is 22.6 Å². The lowest BCUT2D eigenvalue weighted by atomic mass is 10.2. The molecule has 0 bridgehead atoms. The summed E-state index contributed by atoms with van der Waals surface area (Å²) in [6, 6.07) is 20.6. The van der Waals surface area contributed by atoms with Gasteiger partial charge in [0, 0.05) is 10.1 Å². The van der Waals surface area contributed by atoms with Crippen LogP contribution in [0.4, 0.5) is 10.1 Å². The van der Waals surface area contributed by atoms with Gasteiger partial charge >= 0.3 is 0 Å². The summed E-state index contributed by atoms with van der Waals surface area (Å²) in [4.78, 5) is 12.6. The molecule has 1 amide bonds. The molecule has 0 unspecified atom stereocenters. The van der Waals surface area contributed by atoms with Gasteiger partial charge in [0.15, 0.2) is 0 Å². The number of anilines is 1. The first-order chi connectivity index (χ1) is 13.9. The quantitative estimate of drug-likeness (QED) is 0.477. The minimum Gasteiger partial charge on any atom is -0.350 e. The van der Waals surface area contributed by atoms with Crippen LogP contribution < -0.4 is 9.62 Å². The first-order valence-electron chi connectivity index (χ1n) is 8.71. The van der Waals surface area contributed by atoms with E-state index in [9.17, 15) is 17.6 Å². The van der Waals surface area contributed by atoms with Crippen molar-refractivity contribution in [2.24, 2.45) is 0 Å². The highest BCUT2D eigenvalue weighted by molar-refractivity contribution is 14.1. The van der Waals surface area contributed by atoms with E-state index in [1.165, 1.54) is 24.3 Å². The van der Waals surface area contributed by atoms with Gasteiger partial charge in [0.05, 0.1) is 10.6 Å². The Balaban J connectivity index is 1.82. The van der Waals surface area contributed by atoms with Crippen LogP contribution in [0.15, 0.2) is 83.8 Å². The largest absolute Gasteiger partial charge is 0.350 e. The second kappa shape index (κ2) is 9.36. The average molecular weight is 524 g/mol. The van der Waals surface area contributed by atoms with Crippen LogP contribution in [0.2, 0.25) is 0 Å². The number of hydrogen-bond donors (Lipinski definition) is 1. The van der Waals surface area contributed by atoms with E-state index in [4.69, 9.17) is 0 Å². The number of sulfonamides is 1. The summed E-state index contributed by atoms with van der Waals surface area (Å²) >= 11 is 2.13. The highest BCUT2D eigenvalue weighted by Crippen LogP contribution is 2.24. The van der Waals surface area contributed by atoms with Gasteiger partial charge in [-0.1, -0.05) is 30.3 Å². The Morgan fingerprint density at radius 2 is 1.55 bits per heavy atom. The summed E-state index contributed by atoms with van der Waals surface area (Å²) in [5.74, 6) is -0.828. The number of nitrogens with zero attached hydrogens (tertiary/aromatic N) is 1. The van der Waals surface area contributed by atoms with E-state index >= 15 is 0 Å². The van der Waals surface area contributed by atoms with Gasteiger partial charge in [-0.15, -0.1) is 0 Å². The van der Waals surface area contributed by atoms with Gasteiger partial charge in [-0.25, -0.2) is 12.8 Å². The Morgan fingerprint density at radius 3 is 2.17 bits per heavy atom. The van der Waals surface area contributed by atoms with Crippen molar-refractivity contribution in [1.82, 2.24) is 5.32 Å². The number of amides is 1. The van der Waals surface area contributed by atoms with Gasteiger partial charge in [-0.2, -0.15) is 0 Å². The highest BCUT2D eigenvalue weighted by atomic mass is 127. The van der Waals surface area contributed by atoms with E-state index in [1.807, 2.05) is 0 Å². The average Bonchev–Trinajstić information content (AvgIpc) is 2.73. The van der Waals surface area contributed by atoms with Gasteiger partial charge in [0.2, 0.25) is 5.91 Å². The maximum absolute atomic E-state index is 13.2. The van der Waals surface area contributed by atoms with E-state index in [1.54, 1.807) is 54.6 Å². The Hall–Kier alpha value is -2.46. The van der Waals surface area contributed by atoms with Crippen molar-refractivity contribution in [2.45, 2.75) is 11.4 Å². The van der Waals surface area contributed by atoms with Crippen molar-refractivity contribution in [3.05, 3.63) is 93.8 Å². The van der Waals surface area contributed by atoms with Gasteiger partial charge in [0.25, 0.3) is 10.0 Å². The number of benzene rings is 3. The number of nitrogens with one attached hydrogen (secondary N) is 1. The molecular weight excluding hydrogens is 506 g/mol. The number of hydrogen-bond acceptors (Lipinski definition) is 3. The number of halogens is 2. The third kappa shape index (κ3) is 5.54. The van der Waals surface area contributed by atoms with Gasteiger partial charge < -0.3 is 5.32 Å². The lowest BCUT2D eigenvalue weighted by Crippen LogP contribution is -2.40. The monoisotopic (exact) mass is 524 g/mol. The Kier molecular flexibility index (Phi) is 6.86. The fourth-order valence-corrected chi connectivity index (χ4v) is 4.43. The molecule has 0 aliphatic heterocycles. The molecular formula is C21H18FIN2O3S. The van der Waals surface area contributed by atoms with Crippen LogP contribution in [-0.4, -0.2) is 20.9 Å². The topological polar surface area (TPSA) is 66.5 Å². The molecule has 0 aliphatic rings. The van der Waals surface area contributed by atoms with Crippen LogP contribution in [0.25, 0.3) is 0 Å². The molecule has 0 saturated carbocycles. The van der Waals surface area contributed by atoms with Crippen molar-refractivity contribution in [3.63, 3.8) is 0 Å². The van der Waals surface area contributed by atoms with Crippen molar-refractivity contribution in [2.75, 3.05) is 10.8 Å². The Morgan fingerprint density at radius 1 is 0.931 bits per heavy atom. The molecule has 29 heavy (non-hydrogen) atoms. The van der Waals surface area contributed by atoms with Crippen molar-refractivity contribution in [3.8, 4) is 0 Å². The van der Waals surface area contributed by atoms with E-state index in [0.29, 0.717) is 11.3 Å². The van der Waals surface area contributed by atoms with Crippen LogP contribution in [0, 0.1) is 9.39 Å². The smallest absolute Gasteiger partial charge is 0.264 e. The lowest BCUT2D eigenvalue weighted by molar-refractivity contribution is -0.119. The fourth-order valence-electron chi connectivity index (χ4n) is 2.63. The second-order valence-electron chi connectivity index (χ2n) is 6.20. The van der Waals surface area contributed by atoms with E-state index < -0.39 is 15.9 Å². The molecule has 3 aromatic carbocycles. The summed E-state index contributed by atoms with van der Waals surface area (Å²) in [5, 5.41) is 2.68. The lowest BCUT2D eigenvalue weighted by Gasteiger charge is -2.24. The molecule has 3 rings (SSSR count). The molecule has 0 fully saturated rings. The standard InChI is InChI=1S/C21H18FIN2O3S/c22-17-8-6-16(7-9-17)14-24-21(26)15-25(19-12-10-18(23)11-13-19)29(27,28)20-4-2-1-3-5-20/h1-13H,14-15H2,(H,24,26).